The summed E-state index contributed by atoms with van der Waals surface area (Å²) in [7, 11) is 0. The Bertz CT molecular complexity index is 813. The Labute approximate surface area is 180 Å². The summed E-state index contributed by atoms with van der Waals surface area (Å²) in [5, 5.41) is 3.51. The first-order valence-corrected chi connectivity index (χ1v) is 10.8. The number of thioether (sulfide) groups is 1. The Morgan fingerprint density at radius 3 is 2.28 bits per heavy atom. The summed E-state index contributed by atoms with van der Waals surface area (Å²) in [4.78, 5) is 28.0. The SMILES string of the molecule is CC(C)CNC(=O)C(C)N(Cc1ccc(F)cc1)C(=O)CSc1ccc(Cl)cc1. The molecule has 4 nitrogen and oxygen atoms in total. The highest BCUT2D eigenvalue weighted by Gasteiger charge is 2.26. The number of hydrogen-bond acceptors (Lipinski definition) is 3. The van der Waals surface area contributed by atoms with E-state index in [2.05, 4.69) is 5.32 Å². The molecular formula is C22H26ClFN2O2S. The van der Waals surface area contributed by atoms with Crippen molar-refractivity contribution >= 4 is 35.2 Å². The zero-order valence-corrected chi connectivity index (χ0v) is 18.4. The van der Waals surface area contributed by atoms with Gasteiger partial charge in [-0.25, -0.2) is 4.39 Å². The molecule has 0 radical (unpaired) electrons. The summed E-state index contributed by atoms with van der Waals surface area (Å²) in [6, 6.07) is 12.6. The summed E-state index contributed by atoms with van der Waals surface area (Å²) >= 11 is 7.28. The molecule has 2 aromatic carbocycles. The van der Waals surface area contributed by atoms with Gasteiger partial charge in [0.1, 0.15) is 11.9 Å². The summed E-state index contributed by atoms with van der Waals surface area (Å²) in [6.45, 7) is 6.51. The standard InChI is InChI=1S/C22H26ClFN2O2S/c1-15(2)12-25-22(28)16(3)26(13-17-4-8-19(24)9-5-17)21(27)14-29-20-10-6-18(23)7-11-20/h4-11,15-16H,12-14H2,1-3H3,(H,25,28). The molecule has 1 unspecified atom stereocenters. The molecule has 29 heavy (non-hydrogen) atoms. The van der Waals surface area contributed by atoms with Crippen molar-refractivity contribution in [2.45, 2.75) is 38.3 Å². The van der Waals surface area contributed by atoms with Crippen LogP contribution in [0.1, 0.15) is 26.3 Å². The fourth-order valence-electron chi connectivity index (χ4n) is 2.58. The largest absolute Gasteiger partial charge is 0.354 e. The van der Waals surface area contributed by atoms with E-state index in [-0.39, 0.29) is 29.9 Å². The van der Waals surface area contributed by atoms with Crippen molar-refractivity contribution in [1.29, 1.82) is 0 Å². The van der Waals surface area contributed by atoms with E-state index in [0.717, 1.165) is 10.5 Å². The van der Waals surface area contributed by atoms with Crippen molar-refractivity contribution in [3.8, 4) is 0 Å². The average molecular weight is 437 g/mol. The van der Waals surface area contributed by atoms with Gasteiger partial charge >= 0.3 is 0 Å². The van der Waals surface area contributed by atoms with E-state index in [1.54, 1.807) is 31.2 Å². The van der Waals surface area contributed by atoms with Gasteiger partial charge in [-0.15, -0.1) is 11.8 Å². The number of rotatable bonds is 9. The van der Waals surface area contributed by atoms with E-state index in [0.29, 0.717) is 17.5 Å². The molecule has 0 saturated carbocycles. The van der Waals surface area contributed by atoms with Crippen LogP contribution in [-0.2, 0) is 16.1 Å². The monoisotopic (exact) mass is 436 g/mol. The predicted octanol–water partition coefficient (Wildman–Crippen LogP) is 4.76. The summed E-state index contributed by atoms with van der Waals surface area (Å²) in [6.07, 6.45) is 0. The topological polar surface area (TPSA) is 49.4 Å². The number of benzene rings is 2. The van der Waals surface area contributed by atoms with Crippen molar-refractivity contribution in [3.63, 3.8) is 0 Å². The van der Waals surface area contributed by atoms with E-state index in [1.807, 2.05) is 26.0 Å². The van der Waals surface area contributed by atoms with Crippen molar-refractivity contribution in [2.24, 2.45) is 5.92 Å². The molecule has 0 aliphatic heterocycles. The molecule has 0 aliphatic carbocycles. The smallest absolute Gasteiger partial charge is 0.242 e. The Morgan fingerprint density at radius 1 is 1.07 bits per heavy atom. The molecule has 0 aromatic heterocycles. The van der Waals surface area contributed by atoms with Crippen LogP contribution in [0.5, 0.6) is 0 Å². The number of nitrogens with one attached hydrogen (secondary N) is 1. The van der Waals surface area contributed by atoms with Crippen LogP contribution in [-0.4, -0.2) is 35.1 Å². The molecule has 2 amide bonds. The molecule has 1 N–H and O–H groups in total. The van der Waals surface area contributed by atoms with Gasteiger partial charge in [-0.2, -0.15) is 0 Å². The molecular weight excluding hydrogens is 411 g/mol. The number of hydrogen-bond donors (Lipinski definition) is 1. The molecule has 2 rings (SSSR count). The number of carbonyl (C=O) groups is 2. The molecule has 1 atom stereocenters. The molecule has 0 aliphatic rings. The van der Waals surface area contributed by atoms with Crippen LogP contribution in [0.3, 0.4) is 0 Å². The Balaban J connectivity index is 2.10. The lowest BCUT2D eigenvalue weighted by molar-refractivity contribution is -0.138. The maximum Gasteiger partial charge on any atom is 0.242 e. The van der Waals surface area contributed by atoms with Crippen molar-refractivity contribution < 1.29 is 14.0 Å². The molecule has 0 spiro atoms. The third-order valence-electron chi connectivity index (χ3n) is 4.29. The third kappa shape index (κ3) is 7.71. The predicted molar refractivity (Wildman–Crippen MR) is 116 cm³/mol. The Morgan fingerprint density at radius 2 is 1.69 bits per heavy atom. The van der Waals surface area contributed by atoms with Gasteiger partial charge in [0, 0.05) is 23.0 Å². The van der Waals surface area contributed by atoms with Crippen molar-refractivity contribution in [3.05, 3.63) is 64.9 Å². The van der Waals surface area contributed by atoms with Crippen LogP contribution in [0.4, 0.5) is 4.39 Å². The lowest BCUT2D eigenvalue weighted by Gasteiger charge is -2.29. The zero-order chi connectivity index (χ0) is 21.4. The van der Waals surface area contributed by atoms with Crippen LogP contribution in [0, 0.1) is 11.7 Å². The first kappa shape index (κ1) is 23.2. The Hall–Kier alpha value is -2.05. The zero-order valence-electron chi connectivity index (χ0n) is 16.8. The highest BCUT2D eigenvalue weighted by molar-refractivity contribution is 8.00. The van der Waals surface area contributed by atoms with Gasteiger partial charge in [0.25, 0.3) is 0 Å². The summed E-state index contributed by atoms with van der Waals surface area (Å²) < 4.78 is 13.2. The maximum absolute atomic E-state index is 13.2. The lowest BCUT2D eigenvalue weighted by atomic mass is 10.1. The van der Waals surface area contributed by atoms with E-state index in [9.17, 15) is 14.0 Å². The van der Waals surface area contributed by atoms with Crippen LogP contribution in [0.15, 0.2) is 53.4 Å². The van der Waals surface area contributed by atoms with Gasteiger partial charge in [-0.3, -0.25) is 9.59 Å². The minimum Gasteiger partial charge on any atom is -0.354 e. The molecule has 0 heterocycles. The molecule has 0 fully saturated rings. The minimum atomic E-state index is -0.642. The lowest BCUT2D eigenvalue weighted by Crippen LogP contribution is -2.48. The second-order valence-electron chi connectivity index (χ2n) is 7.21. The third-order valence-corrected chi connectivity index (χ3v) is 5.54. The molecule has 0 bridgehead atoms. The summed E-state index contributed by atoms with van der Waals surface area (Å²) in [5.41, 5.74) is 0.764. The molecule has 7 heteroatoms. The van der Waals surface area contributed by atoms with E-state index in [1.165, 1.54) is 28.8 Å². The van der Waals surface area contributed by atoms with Gasteiger partial charge in [0.05, 0.1) is 5.75 Å². The normalized spacial score (nSPS) is 11.9. The molecule has 156 valence electrons. The van der Waals surface area contributed by atoms with Gasteiger partial charge in [0.2, 0.25) is 11.8 Å². The maximum atomic E-state index is 13.2. The first-order chi connectivity index (χ1) is 13.8. The van der Waals surface area contributed by atoms with E-state index >= 15 is 0 Å². The van der Waals surface area contributed by atoms with Gasteiger partial charge in [-0.1, -0.05) is 37.6 Å². The number of nitrogens with zero attached hydrogens (tertiary/aromatic N) is 1. The quantitative estimate of drug-likeness (QED) is 0.576. The average Bonchev–Trinajstić information content (AvgIpc) is 2.70. The molecule has 0 saturated heterocycles. The van der Waals surface area contributed by atoms with Crippen LogP contribution in [0.2, 0.25) is 5.02 Å². The second-order valence-corrected chi connectivity index (χ2v) is 8.69. The number of halogens is 2. The summed E-state index contributed by atoms with van der Waals surface area (Å²) in [5.74, 6) is -0.211. The fourth-order valence-corrected chi connectivity index (χ4v) is 3.49. The van der Waals surface area contributed by atoms with E-state index in [4.69, 9.17) is 11.6 Å². The van der Waals surface area contributed by atoms with Gasteiger partial charge in [0.15, 0.2) is 0 Å². The van der Waals surface area contributed by atoms with Crippen molar-refractivity contribution in [2.75, 3.05) is 12.3 Å². The Kier molecular flexibility index (Phi) is 8.99. The number of amides is 2. The van der Waals surface area contributed by atoms with Gasteiger partial charge in [-0.05, 0) is 54.8 Å². The fraction of sp³-hybridized carbons (Fsp3) is 0.364. The van der Waals surface area contributed by atoms with Crippen LogP contribution in [0.25, 0.3) is 0 Å². The minimum absolute atomic E-state index is 0.165. The van der Waals surface area contributed by atoms with E-state index < -0.39 is 6.04 Å². The first-order valence-electron chi connectivity index (χ1n) is 9.46. The number of carbonyl (C=O) groups excluding carboxylic acids is 2. The van der Waals surface area contributed by atoms with Crippen LogP contribution < -0.4 is 5.32 Å². The van der Waals surface area contributed by atoms with Gasteiger partial charge < -0.3 is 10.2 Å². The highest BCUT2D eigenvalue weighted by atomic mass is 35.5. The highest BCUT2D eigenvalue weighted by Crippen LogP contribution is 2.22. The van der Waals surface area contributed by atoms with Crippen molar-refractivity contribution in [1.82, 2.24) is 10.2 Å². The van der Waals surface area contributed by atoms with Crippen LogP contribution >= 0.6 is 23.4 Å². The molecule has 2 aromatic rings. The second kappa shape index (κ2) is 11.2.